The second kappa shape index (κ2) is 6.83. The third-order valence-corrected chi connectivity index (χ3v) is 6.52. The Kier molecular flexibility index (Phi) is 4.53. The fraction of sp³-hybridized carbons (Fsp3) is 0.267. The average Bonchev–Trinajstić information content (AvgIpc) is 3.14. The topological polar surface area (TPSA) is 114 Å². The number of carboxylic acid groups (broad SMARTS) is 1. The molecule has 0 bridgehead atoms. The van der Waals surface area contributed by atoms with Crippen molar-refractivity contribution in [2.24, 2.45) is 10.8 Å². The number of amides is 1. The van der Waals surface area contributed by atoms with E-state index in [4.69, 9.17) is 5.73 Å². The first-order chi connectivity index (χ1) is 12.6. The van der Waals surface area contributed by atoms with Crippen molar-refractivity contribution in [3.8, 4) is 0 Å². The number of rotatable bonds is 5. The number of hydrogen-bond donors (Lipinski definition) is 3. The lowest BCUT2D eigenvalue weighted by molar-refractivity contribution is -0.147. The number of hydrazone groups is 1. The number of nitrogens with zero attached hydrogens (tertiary/aromatic N) is 4. The number of aliphatic carboxylic acids is 1. The first-order valence-corrected chi connectivity index (χ1v) is 9.78. The number of nitrogens with two attached hydrogens (primary N) is 1. The average molecular weight is 392 g/mol. The molecule has 11 heteroatoms. The van der Waals surface area contributed by atoms with Crippen LogP contribution >= 0.6 is 23.7 Å². The molecular formula is C15H16N6O3S2. The Morgan fingerprint density at radius 2 is 2.19 bits per heavy atom. The van der Waals surface area contributed by atoms with Crippen LogP contribution in [0, 0.1) is 0 Å². The van der Waals surface area contributed by atoms with E-state index in [1.54, 1.807) is 10.9 Å². The number of β-lactam (4-membered cyclic amide) rings is 1. The number of nitrogens with one attached hydrogen (secondary N) is 1. The molecule has 1 aromatic carbocycles. The lowest BCUT2D eigenvalue weighted by Gasteiger charge is -2.48. The number of anilines is 1. The van der Waals surface area contributed by atoms with Gasteiger partial charge in [0.2, 0.25) is 5.91 Å². The standard InChI is InChI=1S/C15H16N6O3S2/c16-11-13(22)20-12(15(23)24)9(6-25-14(11)20)7-26-21-18-17-8-19(21)10-4-2-1-3-5-10/h1-5,8,11,14,18H,6-7,16H2,(H,23,24)/t11?,14-/m1/s1. The molecule has 4 N–H and O–H groups in total. The van der Waals surface area contributed by atoms with E-state index in [2.05, 4.69) is 10.6 Å². The van der Waals surface area contributed by atoms with Crippen LogP contribution in [0.1, 0.15) is 0 Å². The highest BCUT2D eigenvalue weighted by Crippen LogP contribution is 2.40. The lowest BCUT2D eigenvalue weighted by atomic mass is 10.0. The number of carbonyl (C=O) groups excluding carboxylic acids is 1. The number of fused-ring (bicyclic) bond motifs is 1. The molecule has 1 fully saturated rings. The molecule has 1 unspecified atom stereocenters. The first-order valence-electron chi connectivity index (χ1n) is 7.79. The molecule has 3 aliphatic heterocycles. The van der Waals surface area contributed by atoms with Crippen LogP contribution < -0.4 is 16.3 Å². The third-order valence-electron chi connectivity index (χ3n) is 4.18. The predicted molar refractivity (Wildman–Crippen MR) is 101 cm³/mol. The summed E-state index contributed by atoms with van der Waals surface area (Å²) < 4.78 is 1.71. The van der Waals surface area contributed by atoms with Crippen LogP contribution in [0.15, 0.2) is 46.7 Å². The molecule has 0 aliphatic carbocycles. The number of hydrogen-bond acceptors (Lipinski definition) is 9. The molecule has 4 rings (SSSR count). The van der Waals surface area contributed by atoms with Crippen molar-refractivity contribution < 1.29 is 14.7 Å². The molecule has 0 saturated carbocycles. The zero-order valence-electron chi connectivity index (χ0n) is 13.5. The van der Waals surface area contributed by atoms with Crippen LogP contribution in [0.2, 0.25) is 0 Å². The van der Waals surface area contributed by atoms with Crippen LogP contribution in [0.3, 0.4) is 0 Å². The van der Waals surface area contributed by atoms with E-state index in [0.29, 0.717) is 17.1 Å². The summed E-state index contributed by atoms with van der Waals surface area (Å²) in [6.07, 6.45) is 1.64. The molecule has 1 saturated heterocycles. The van der Waals surface area contributed by atoms with E-state index in [1.807, 2.05) is 35.3 Å². The summed E-state index contributed by atoms with van der Waals surface area (Å²) in [4.78, 5) is 25.0. The Morgan fingerprint density at radius 3 is 2.92 bits per heavy atom. The van der Waals surface area contributed by atoms with E-state index in [0.717, 1.165) is 5.69 Å². The molecule has 3 aliphatic rings. The summed E-state index contributed by atoms with van der Waals surface area (Å²) in [5.74, 6) is -0.510. The van der Waals surface area contributed by atoms with Gasteiger partial charge >= 0.3 is 5.97 Å². The van der Waals surface area contributed by atoms with Gasteiger partial charge in [0.15, 0.2) is 0 Å². The smallest absolute Gasteiger partial charge is 0.352 e. The maximum Gasteiger partial charge on any atom is 0.352 e. The molecule has 3 heterocycles. The summed E-state index contributed by atoms with van der Waals surface area (Å²) in [5.41, 5.74) is 10.3. The van der Waals surface area contributed by atoms with Gasteiger partial charge in [0.25, 0.3) is 0 Å². The van der Waals surface area contributed by atoms with Crippen molar-refractivity contribution in [1.29, 1.82) is 0 Å². The minimum atomic E-state index is -1.10. The minimum absolute atomic E-state index is 0.0549. The van der Waals surface area contributed by atoms with Crippen molar-refractivity contribution in [3.63, 3.8) is 0 Å². The van der Waals surface area contributed by atoms with E-state index in [-0.39, 0.29) is 17.0 Å². The molecule has 2 atom stereocenters. The first kappa shape index (κ1) is 17.2. The highest BCUT2D eigenvalue weighted by atomic mass is 32.2. The number of carboxylic acids is 1. The predicted octanol–water partition coefficient (Wildman–Crippen LogP) is 0.401. The fourth-order valence-electron chi connectivity index (χ4n) is 2.90. The summed E-state index contributed by atoms with van der Waals surface area (Å²) in [5, 5.41) is 15.2. The molecule has 1 amide bonds. The van der Waals surface area contributed by atoms with Gasteiger partial charge in [0.1, 0.15) is 23.5 Å². The van der Waals surface area contributed by atoms with Crippen LogP contribution in [0.4, 0.5) is 5.69 Å². The monoisotopic (exact) mass is 392 g/mol. The van der Waals surface area contributed by atoms with Crippen LogP contribution in [-0.4, -0.2) is 55.7 Å². The maximum atomic E-state index is 12.0. The zero-order valence-corrected chi connectivity index (χ0v) is 15.1. The summed E-state index contributed by atoms with van der Waals surface area (Å²) in [6.45, 7) is 0. The SMILES string of the molecule is NC1C(=O)N2C(C(=O)O)=C(CSN3NN=CN3c3ccccc3)CS[C@H]12. The van der Waals surface area contributed by atoms with Crippen LogP contribution in [0.5, 0.6) is 0 Å². The van der Waals surface area contributed by atoms with Crippen molar-refractivity contribution in [1.82, 2.24) is 15.0 Å². The Labute approximate surface area is 157 Å². The van der Waals surface area contributed by atoms with Crippen molar-refractivity contribution >= 4 is 47.6 Å². The Bertz CT molecular complexity index is 802. The van der Waals surface area contributed by atoms with Gasteiger partial charge in [-0.15, -0.1) is 11.8 Å². The second-order valence-electron chi connectivity index (χ2n) is 5.76. The van der Waals surface area contributed by atoms with Gasteiger partial charge in [-0.3, -0.25) is 9.69 Å². The van der Waals surface area contributed by atoms with Gasteiger partial charge in [0, 0.05) is 11.5 Å². The Balaban J connectivity index is 1.50. The molecule has 0 aromatic heterocycles. The number of hydrazine groups is 2. The van der Waals surface area contributed by atoms with Gasteiger partial charge in [0.05, 0.1) is 5.69 Å². The van der Waals surface area contributed by atoms with Crippen LogP contribution in [0.25, 0.3) is 0 Å². The van der Waals surface area contributed by atoms with Gasteiger partial charge < -0.3 is 10.8 Å². The zero-order chi connectivity index (χ0) is 18.3. The van der Waals surface area contributed by atoms with E-state index in [9.17, 15) is 14.7 Å². The largest absolute Gasteiger partial charge is 0.477 e. The van der Waals surface area contributed by atoms with Gasteiger partial charge in [-0.25, -0.2) is 15.3 Å². The summed E-state index contributed by atoms with van der Waals surface area (Å²) >= 11 is 2.86. The number of carbonyl (C=O) groups is 2. The normalized spacial score (nSPS) is 25.2. The van der Waals surface area contributed by atoms with Gasteiger partial charge in [-0.05, 0) is 29.7 Å². The lowest BCUT2D eigenvalue weighted by Crippen LogP contribution is -2.68. The third kappa shape index (κ3) is 2.82. The van der Waals surface area contributed by atoms with Crippen molar-refractivity contribution in [3.05, 3.63) is 41.6 Å². The van der Waals surface area contributed by atoms with Gasteiger partial charge in [-0.2, -0.15) is 5.10 Å². The molecule has 0 spiro atoms. The van der Waals surface area contributed by atoms with Crippen molar-refractivity contribution in [2.45, 2.75) is 11.4 Å². The van der Waals surface area contributed by atoms with E-state index in [1.165, 1.54) is 28.6 Å². The van der Waals surface area contributed by atoms with Crippen molar-refractivity contribution in [2.75, 3.05) is 16.5 Å². The quantitative estimate of drug-likeness (QED) is 0.484. The van der Waals surface area contributed by atoms with Crippen LogP contribution in [-0.2, 0) is 9.59 Å². The molecule has 1 aromatic rings. The number of thioether (sulfide) groups is 1. The number of benzene rings is 1. The fourth-order valence-corrected chi connectivity index (χ4v) is 5.20. The summed E-state index contributed by atoms with van der Waals surface area (Å²) in [7, 11) is 0. The minimum Gasteiger partial charge on any atom is -0.477 e. The number of para-hydroxylation sites is 1. The molecule has 26 heavy (non-hydrogen) atoms. The molecule has 9 nitrogen and oxygen atoms in total. The Morgan fingerprint density at radius 1 is 1.42 bits per heavy atom. The van der Waals surface area contributed by atoms with E-state index < -0.39 is 12.0 Å². The maximum absolute atomic E-state index is 12.0. The molecule has 136 valence electrons. The molecule has 0 radical (unpaired) electrons. The van der Waals surface area contributed by atoms with E-state index >= 15 is 0 Å². The second-order valence-corrected chi connectivity index (χ2v) is 7.76. The summed E-state index contributed by atoms with van der Waals surface area (Å²) in [6, 6.07) is 9.03. The highest BCUT2D eigenvalue weighted by Gasteiger charge is 2.51. The Hall–Kier alpha value is -2.21. The highest BCUT2D eigenvalue weighted by molar-refractivity contribution is 8.00. The van der Waals surface area contributed by atoms with Gasteiger partial charge in [-0.1, -0.05) is 22.7 Å². The molecular weight excluding hydrogens is 376 g/mol.